The lowest BCUT2D eigenvalue weighted by atomic mass is 9.90. The van der Waals surface area contributed by atoms with Crippen LogP contribution in [-0.2, 0) is 20.8 Å². The Hall–Kier alpha value is -2.74. The Labute approximate surface area is 177 Å². The maximum Gasteiger partial charge on any atom is 0.325 e. The molecule has 0 saturated heterocycles. The number of benzene rings is 1. The van der Waals surface area contributed by atoms with E-state index in [1.165, 1.54) is 13.3 Å². The van der Waals surface area contributed by atoms with Gasteiger partial charge in [0.1, 0.15) is 12.6 Å². The zero-order valence-corrected chi connectivity index (χ0v) is 17.4. The third-order valence-corrected chi connectivity index (χ3v) is 5.29. The number of carbonyl (C=O) groups excluding carboxylic acids is 1. The van der Waals surface area contributed by atoms with Gasteiger partial charge in [-0.05, 0) is 44.1 Å². The topological polar surface area (TPSA) is 119 Å². The second-order valence-corrected chi connectivity index (χ2v) is 7.76. The van der Waals surface area contributed by atoms with Crippen LogP contribution in [0.25, 0.3) is 0 Å². The molecule has 0 aliphatic heterocycles. The highest BCUT2D eigenvalue weighted by Gasteiger charge is 2.27. The van der Waals surface area contributed by atoms with Gasteiger partial charge in [-0.1, -0.05) is 49.6 Å². The normalized spacial score (nSPS) is 16.8. The van der Waals surface area contributed by atoms with Gasteiger partial charge in [-0.2, -0.15) is 5.10 Å². The molecule has 30 heavy (non-hydrogen) atoms. The van der Waals surface area contributed by atoms with Crippen molar-refractivity contribution in [1.29, 1.82) is 0 Å². The second-order valence-electron chi connectivity index (χ2n) is 7.76. The summed E-state index contributed by atoms with van der Waals surface area (Å²) in [5, 5.41) is 26.6. The molecule has 8 heteroatoms. The van der Waals surface area contributed by atoms with Gasteiger partial charge in [0, 0.05) is 6.21 Å². The Morgan fingerprint density at radius 2 is 1.83 bits per heavy atom. The van der Waals surface area contributed by atoms with Crippen molar-refractivity contribution < 1.29 is 24.6 Å². The summed E-state index contributed by atoms with van der Waals surface area (Å²) in [6.07, 6.45) is 7.86. The lowest BCUT2D eigenvalue weighted by Crippen LogP contribution is -2.50. The third kappa shape index (κ3) is 7.94. The molecular weight excluding hydrogens is 386 g/mol. The highest BCUT2D eigenvalue weighted by Crippen LogP contribution is 2.22. The molecule has 3 N–H and O–H groups in total. The SMILES string of the molecule is C[C@H](NC(CCc1ccccc1)C(=O)O)C(=O)N(CC(=O)O)/N=C/C1CCCCC1. The van der Waals surface area contributed by atoms with Crippen LogP contribution < -0.4 is 5.32 Å². The average molecular weight is 418 g/mol. The van der Waals surface area contributed by atoms with Crippen molar-refractivity contribution in [3.8, 4) is 0 Å². The van der Waals surface area contributed by atoms with Crippen molar-refractivity contribution in [3.63, 3.8) is 0 Å². The molecule has 1 aromatic rings. The minimum absolute atomic E-state index is 0.240. The molecule has 2 rings (SSSR count). The number of amides is 1. The van der Waals surface area contributed by atoms with E-state index in [9.17, 15) is 19.5 Å². The molecule has 0 heterocycles. The van der Waals surface area contributed by atoms with Gasteiger partial charge in [0.05, 0.1) is 6.04 Å². The Bertz CT molecular complexity index is 732. The molecule has 1 amide bonds. The Morgan fingerprint density at radius 1 is 1.17 bits per heavy atom. The minimum atomic E-state index is -1.17. The van der Waals surface area contributed by atoms with Crippen LogP contribution in [0.1, 0.15) is 51.0 Å². The van der Waals surface area contributed by atoms with E-state index in [4.69, 9.17) is 5.11 Å². The highest BCUT2D eigenvalue weighted by molar-refractivity contribution is 5.86. The summed E-state index contributed by atoms with van der Waals surface area (Å²) in [5.74, 6) is -2.55. The number of rotatable bonds is 11. The number of hydrazone groups is 1. The summed E-state index contributed by atoms with van der Waals surface area (Å²) in [7, 11) is 0. The maximum absolute atomic E-state index is 12.8. The van der Waals surface area contributed by atoms with Crippen molar-refractivity contribution in [2.75, 3.05) is 6.54 Å². The van der Waals surface area contributed by atoms with Gasteiger partial charge in [-0.3, -0.25) is 19.7 Å². The van der Waals surface area contributed by atoms with Gasteiger partial charge >= 0.3 is 11.9 Å². The molecule has 1 unspecified atom stereocenters. The summed E-state index contributed by atoms with van der Waals surface area (Å²) in [4.78, 5) is 35.6. The minimum Gasteiger partial charge on any atom is -0.480 e. The number of carbonyl (C=O) groups is 3. The summed E-state index contributed by atoms with van der Waals surface area (Å²) >= 11 is 0. The van der Waals surface area contributed by atoms with E-state index in [0.717, 1.165) is 36.3 Å². The smallest absolute Gasteiger partial charge is 0.325 e. The molecule has 0 spiro atoms. The van der Waals surface area contributed by atoms with Crippen LogP contribution in [0.15, 0.2) is 35.4 Å². The molecule has 8 nitrogen and oxygen atoms in total. The molecule has 164 valence electrons. The number of hydrogen-bond donors (Lipinski definition) is 3. The number of aryl methyl sites for hydroxylation is 1. The fourth-order valence-corrected chi connectivity index (χ4v) is 3.59. The summed E-state index contributed by atoms with van der Waals surface area (Å²) in [6.45, 7) is 0.974. The predicted octanol–water partition coefficient (Wildman–Crippen LogP) is 2.53. The predicted molar refractivity (Wildman–Crippen MR) is 113 cm³/mol. The number of carboxylic acid groups (broad SMARTS) is 2. The zero-order chi connectivity index (χ0) is 21.9. The largest absolute Gasteiger partial charge is 0.480 e. The van der Waals surface area contributed by atoms with Gasteiger partial charge < -0.3 is 10.2 Å². The average Bonchev–Trinajstić information content (AvgIpc) is 2.74. The number of aliphatic carboxylic acids is 2. The van der Waals surface area contributed by atoms with E-state index in [1.54, 1.807) is 6.21 Å². The van der Waals surface area contributed by atoms with Crippen LogP contribution in [-0.4, -0.2) is 57.9 Å². The third-order valence-electron chi connectivity index (χ3n) is 5.29. The van der Waals surface area contributed by atoms with Gasteiger partial charge in [0.2, 0.25) is 0 Å². The fourth-order valence-electron chi connectivity index (χ4n) is 3.59. The second kappa shape index (κ2) is 12.1. The van der Waals surface area contributed by atoms with E-state index >= 15 is 0 Å². The molecule has 1 aliphatic carbocycles. The van der Waals surface area contributed by atoms with Crippen LogP contribution in [0.5, 0.6) is 0 Å². The van der Waals surface area contributed by atoms with Crippen molar-refractivity contribution in [2.45, 2.75) is 64.0 Å². The van der Waals surface area contributed by atoms with Crippen LogP contribution in [0.4, 0.5) is 0 Å². The molecule has 1 aromatic carbocycles. The van der Waals surface area contributed by atoms with E-state index < -0.39 is 36.5 Å². The highest BCUT2D eigenvalue weighted by atomic mass is 16.4. The molecule has 2 atom stereocenters. The lowest BCUT2D eigenvalue weighted by molar-refractivity contribution is -0.146. The Morgan fingerprint density at radius 3 is 2.43 bits per heavy atom. The van der Waals surface area contributed by atoms with Gasteiger partial charge in [0.25, 0.3) is 5.91 Å². The Balaban J connectivity index is 1.98. The quantitative estimate of drug-likeness (QED) is 0.376. The van der Waals surface area contributed by atoms with E-state index in [2.05, 4.69) is 10.4 Å². The maximum atomic E-state index is 12.8. The Kier molecular flexibility index (Phi) is 9.47. The first kappa shape index (κ1) is 23.5. The monoisotopic (exact) mass is 417 g/mol. The first-order chi connectivity index (χ1) is 14.4. The number of nitrogens with one attached hydrogen (secondary N) is 1. The van der Waals surface area contributed by atoms with Gasteiger partial charge in [0.15, 0.2) is 0 Å². The van der Waals surface area contributed by atoms with E-state index in [0.29, 0.717) is 12.8 Å². The molecule has 0 bridgehead atoms. The molecule has 0 radical (unpaired) electrons. The summed E-state index contributed by atoms with van der Waals surface area (Å²) in [6, 6.07) is 7.69. The van der Waals surface area contributed by atoms with Gasteiger partial charge in [-0.25, -0.2) is 5.01 Å². The standard InChI is InChI=1S/C22H31N3O5/c1-16(24-19(22(29)30)13-12-17-8-4-2-5-9-17)21(28)25(15-20(26)27)23-14-18-10-6-3-7-11-18/h2,4-5,8-9,14,16,18-19,24H,3,6-7,10-13,15H2,1H3,(H,26,27)(H,29,30)/b23-14+/t16-,19?/m0/s1. The number of hydrogen-bond acceptors (Lipinski definition) is 5. The number of carboxylic acids is 2. The van der Waals surface area contributed by atoms with Gasteiger partial charge in [-0.15, -0.1) is 0 Å². The summed E-state index contributed by atoms with van der Waals surface area (Å²) in [5.41, 5.74) is 1.01. The van der Waals surface area contributed by atoms with E-state index in [-0.39, 0.29) is 5.92 Å². The molecule has 1 saturated carbocycles. The van der Waals surface area contributed by atoms with Crippen LogP contribution in [0.2, 0.25) is 0 Å². The molecule has 1 fully saturated rings. The van der Waals surface area contributed by atoms with Crippen molar-refractivity contribution in [1.82, 2.24) is 10.3 Å². The first-order valence-electron chi connectivity index (χ1n) is 10.5. The first-order valence-corrected chi connectivity index (χ1v) is 10.5. The van der Waals surface area contributed by atoms with Crippen LogP contribution in [0.3, 0.4) is 0 Å². The fraction of sp³-hybridized carbons (Fsp3) is 0.545. The summed E-state index contributed by atoms with van der Waals surface area (Å²) < 4.78 is 0. The van der Waals surface area contributed by atoms with Crippen LogP contribution in [0, 0.1) is 5.92 Å². The van der Waals surface area contributed by atoms with E-state index in [1.807, 2.05) is 30.3 Å². The van der Waals surface area contributed by atoms with Crippen molar-refractivity contribution in [2.24, 2.45) is 11.0 Å². The zero-order valence-electron chi connectivity index (χ0n) is 17.4. The lowest BCUT2D eigenvalue weighted by Gasteiger charge is -2.24. The molecule has 1 aliphatic rings. The molecular formula is C22H31N3O5. The molecule has 0 aromatic heterocycles. The van der Waals surface area contributed by atoms with Crippen molar-refractivity contribution >= 4 is 24.1 Å². The number of nitrogens with zero attached hydrogens (tertiary/aromatic N) is 2. The van der Waals surface area contributed by atoms with Crippen LogP contribution >= 0.6 is 0 Å². The van der Waals surface area contributed by atoms with Crippen molar-refractivity contribution in [3.05, 3.63) is 35.9 Å².